The Morgan fingerprint density at radius 2 is 1.90 bits per heavy atom. The van der Waals surface area contributed by atoms with Crippen LogP contribution in [0.2, 0.25) is 5.02 Å². The Labute approximate surface area is 176 Å². The molecule has 0 unspecified atom stereocenters. The number of aromatic nitrogens is 1. The molecule has 1 fully saturated rings. The monoisotopic (exact) mass is 463 g/mol. The van der Waals surface area contributed by atoms with Gasteiger partial charge in [-0.1, -0.05) is 11.6 Å². The highest BCUT2D eigenvalue weighted by molar-refractivity contribution is 6.36. The number of pyridine rings is 1. The molecule has 31 heavy (non-hydrogen) atoms. The summed E-state index contributed by atoms with van der Waals surface area (Å²) < 4.78 is 45.7. The zero-order valence-electron chi connectivity index (χ0n) is 15.4. The second kappa shape index (κ2) is 8.91. The molecule has 8 nitrogen and oxygen atoms in total. The number of anilines is 1. The fourth-order valence-electron chi connectivity index (χ4n) is 2.93. The van der Waals surface area contributed by atoms with Crippen molar-refractivity contribution in [2.45, 2.75) is 24.6 Å². The number of nitrogens with one attached hydrogen (secondary N) is 1. The molecule has 1 saturated carbocycles. The summed E-state index contributed by atoms with van der Waals surface area (Å²) in [6.45, 7) is 0.0252. The summed E-state index contributed by atoms with van der Waals surface area (Å²) in [5.41, 5.74) is -0.731. The lowest BCUT2D eigenvalue weighted by Crippen LogP contribution is -2.51. The molecule has 0 atom stereocenters. The lowest BCUT2D eigenvalue weighted by molar-refractivity contribution is -0.192. The van der Waals surface area contributed by atoms with E-state index in [1.165, 1.54) is 18.3 Å². The fourth-order valence-corrected chi connectivity index (χ4v) is 3.18. The Bertz CT molecular complexity index is 1060. The highest BCUT2D eigenvalue weighted by Gasteiger charge is 2.46. The van der Waals surface area contributed by atoms with Crippen LogP contribution in [0.15, 0.2) is 18.3 Å². The van der Waals surface area contributed by atoms with Crippen molar-refractivity contribution < 1.29 is 42.5 Å². The van der Waals surface area contributed by atoms with E-state index in [4.69, 9.17) is 26.6 Å². The van der Waals surface area contributed by atoms with Crippen LogP contribution in [-0.2, 0) is 9.59 Å². The molecule has 2 aromatic rings. The SMILES string of the molecule is N#Cc1cnc2c(F)ccc(Cl)c2c1NCC1(O)CC(C(=O)O)C1.O=C(O)C(F)(F)F. The summed E-state index contributed by atoms with van der Waals surface area (Å²) in [6.07, 6.45) is -3.63. The molecule has 3 rings (SSSR count). The quantitative estimate of drug-likeness (QED) is 0.506. The molecule has 0 aliphatic heterocycles. The third-order valence-electron chi connectivity index (χ3n) is 4.48. The minimum atomic E-state index is -5.08. The summed E-state index contributed by atoms with van der Waals surface area (Å²) in [4.78, 5) is 23.7. The van der Waals surface area contributed by atoms with Crippen molar-refractivity contribution in [2.75, 3.05) is 11.9 Å². The Morgan fingerprint density at radius 1 is 1.32 bits per heavy atom. The Morgan fingerprint density at radius 3 is 2.39 bits per heavy atom. The molecule has 0 saturated heterocycles. The number of fused-ring (bicyclic) bond motifs is 1. The van der Waals surface area contributed by atoms with Gasteiger partial charge in [-0.05, 0) is 25.0 Å². The number of halogens is 5. The van der Waals surface area contributed by atoms with Gasteiger partial charge in [0.15, 0.2) is 0 Å². The summed E-state index contributed by atoms with van der Waals surface area (Å²) in [7, 11) is 0. The van der Waals surface area contributed by atoms with Gasteiger partial charge in [0, 0.05) is 18.1 Å². The maximum Gasteiger partial charge on any atom is 0.490 e. The second-order valence-electron chi connectivity index (χ2n) is 6.74. The van der Waals surface area contributed by atoms with Gasteiger partial charge in [0.25, 0.3) is 0 Å². The molecule has 13 heteroatoms. The number of carboxylic acids is 2. The third kappa shape index (κ3) is 5.50. The molecule has 4 N–H and O–H groups in total. The summed E-state index contributed by atoms with van der Waals surface area (Å²) in [6, 6.07) is 4.50. The fraction of sp³-hybridized carbons (Fsp3) is 0.333. The minimum absolute atomic E-state index is 0.0213. The third-order valence-corrected chi connectivity index (χ3v) is 4.79. The van der Waals surface area contributed by atoms with E-state index >= 15 is 0 Å². The Balaban J connectivity index is 0.000000423. The van der Waals surface area contributed by atoms with Gasteiger partial charge in [0.1, 0.15) is 17.4 Å². The first-order valence-corrected chi connectivity index (χ1v) is 8.83. The Hall–Kier alpha value is -3.17. The van der Waals surface area contributed by atoms with Crippen molar-refractivity contribution >= 4 is 40.1 Å². The molecular formula is C18H14ClF4N3O5. The van der Waals surface area contributed by atoms with Gasteiger partial charge in [-0.25, -0.2) is 9.18 Å². The van der Waals surface area contributed by atoms with Crippen molar-refractivity contribution in [3.63, 3.8) is 0 Å². The number of aliphatic hydroxyl groups is 1. The predicted octanol–water partition coefficient (Wildman–Crippen LogP) is 3.17. The topological polar surface area (TPSA) is 144 Å². The molecule has 1 aliphatic rings. The molecule has 1 aromatic heterocycles. The Kier molecular flexibility index (Phi) is 6.93. The first-order chi connectivity index (χ1) is 14.3. The first-order valence-electron chi connectivity index (χ1n) is 8.45. The maximum absolute atomic E-state index is 13.9. The van der Waals surface area contributed by atoms with Crippen LogP contribution in [0.25, 0.3) is 10.9 Å². The highest BCUT2D eigenvalue weighted by Crippen LogP contribution is 2.39. The zero-order chi connectivity index (χ0) is 23.6. The molecule has 1 aliphatic carbocycles. The van der Waals surface area contributed by atoms with Gasteiger partial charge in [-0.15, -0.1) is 0 Å². The van der Waals surface area contributed by atoms with Crippen molar-refractivity contribution in [1.29, 1.82) is 5.26 Å². The second-order valence-corrected chi connectivity index (χ2v) is 7.14. The number of alkyl halides is 3. The van der Waals surface area contributed by atoms with Crippen LogP contribution in [0.1, 0.15) is 18.4 Å². The van der Waals surface area contributed by atoms with Crippen LogP contribution in [0.4, 0.5) is 23.2 Å². The average molecular weight is 464 g/mol. The summed E-state index contributed by atoms with van der Waals surface area (Å²) >= 11 is 6.13. The molecule has 0 spiro atoms. The molecule has 1 heterocycles. The number of nitrogens with zero attached hydrogens (tertiary/aromatic N) is 2. The van der Waals surface area contributed by atoms with E-state index in [1.807, 2.05) is 6.07 Å². The minimum Gasteiger partial charge on any atom is -0.481 e. The van der Waals surface area contributed by atoms with Crippen LogP contribution < -0.4 is 5.32 Å². The van der Waals surface area contributed by atoms with Crippen molar-refractivity contribution in [3.8, 4) is 6.07 Å². The molecule has 0 bridgehead atoms. The van der Waals surface area contributed by atoms with Gasteiger partial charge in [-0.3, -0.25) is 9.78 Å². The molecule has 166 valence electrons. The number of carboxylic acid groups (broad SMARTS) is 2. The molecule has 0 radical (unpaired) electrons. The maximum atomic E-state index is 13.9. The van der Waals surface area contributed by atoms with E-state index in [2.05, 4.69) is 10.3 Å². The van der Waals surface area contributed by atoms with Crippen LogP contribution in [0.5, 0.6) is 0 Å². The summed E-state index contributed by atoms with van der Waals surface area (Å²) in [5.74, 6) is -4.86. The van der Waals surface area contributed by atoms with Crippen molar-refractivity contribution in [3.05, 3.63) is 34.7 Å². The highest BCUT2D eigenvalue weighted by atomic mass is 35.5. The van der Waals surface area contributed by atoms with Gasteiger partial charge in [0.05, 0.1) is 27.8 Å². The predicted molar refractivity (Wildman–Crippen MR) is 98.9 cm³/mol. The van der Waals surface area contributed by atoms with E-state index < -0.39 is 35.5 Å². The number of aliphatic carboxylic acids is 2. The number of carbonyl (C=O) groups is 2. The zero-order valence-corrected chi connectivity index (χ0v) is 16.1. The average Bonchev–Trinajstić information content (AvgIpc) is 2.66. The number of hydrogen-bond acceptors (Lipinski definition) is 6. The van der Waals surface area contributed by atoms with Gasteiger partial charge >= 0.3 is 18.1 Å². The van der Waals surface area contributed by atoms with Crippen LogP contribution in [-0.4, -0.2) is 50.6 Å². The summed E-state index contributed by atoms with van der Waals surface area (Å²) in [5, 5.41) is 39.0. The van der Waals surface area contributed by atoms with Crippen LogP contribution in [0, 0.1) is 23.1 Å². The number of nitriles is 1. The van der Waals surface area contributed by atoms with Crippen LogP contribution in [0.3, 0.4) is 0 Å². The van der Waals surface area contributed by atoms with E-state index in [1.54, 1.807) is 0 Å². The van der Waals surface area contributed by atoms with Gasteiger partial charge in [-0.2, -0.15) is 18.4 Å². The van der Waals surface area contributed by atoms with Crippen molar-refractivity contribution in [2.24, 2.45) is 5.92 Å². The van der Waals surface area contributed by atoms with E-state index in [-0.39, 0.29) is 46.6 Å². The first kappa shape index (κ1) is 24.1. The van der Waals surface area contributed by atoms with Gasteiger partial charge < -0.3 is 20.6 Å². The van der Waals surface area contributed by atoms with E-state index in [9.17, 15) is 32.7 Å². The van der Waals surface area contributed by atoms with Crippen LogP contribution >= 0.6 is 11.6 Å². The van der Waals surface area contributed by atoms with Gasteiger partial charge in [0.2, 0.25) is 0 Å². The van der Waals surface area contributed by atoms with E-state index in [0.717, 1.165) is 0 Å². The normalized spacial score (nSPS) is 20.1. The van der Waals surface area contributed by atoms with E-state index in [0.29, 0.717) is 0 Å². The smallest absolute Gasteiger partial charge is 0.481 e. The molecular weight excluding hydrogens is 450 g/mol. The lowest BCUT2D eigenvalue weighted by Gasteiger charge is -2.41. The number of rotatable bonds is 4. The number of benzene rings is 1. The number of hydrogen-bond donors (Lipinski definition) is 4. The lowest BCUT2D eigenvalue weighted by atomic mass is 9.71. The standard InChI is InChI=1S/C16H13ClFN3O3.C2HF3O2/c17-10-1-2-11(18)14-12(10)13(9(5-19)6-20-14)21-7-16(24)3-8(4-16)15(22)23;3-2(4,5)1(6)7/h1-2,6,8,24H,3-4,7H2,(H,20,21)(H,22,23);(H,6,7). The molecule has 1 aromatic carbocycles. The van der Waals surface area contributed by atoms with Crippen molar-refractivity contribution in [1.82, 2.24) is 4.98 Å². The largest absolute Gasteiger partial charge is 0.490 e. The molecule has 0 amide bonds.